The first-order valence-corrected chi connectivity index (χ1v) is 6.40. The number of nitrogens with one attached hydrogen (secondary N) is 1. The van der Waals surface area contributed by atoms with Gasteiger partial charge in [-0.05, 0) is 42.3 Å². The topological polar surface area (TPSA) is 12.0 Å². The highest BCUT2D eigenvalue weighted by atomic mass is 14.8. The summed E-state index contributed by atoms with van der Waals surface area (Å²) in [6, 6.07) is 6.29. The lowest BCUT2D eigenvalue weighted by atomic mass is 9.58. The van der Waals surface area contributed by atoms with Crippen molar-refractivity contribution >= 4 is 13.4 Å². The molecule has 1 aromatic rings. The van der Waals surface area contributed by atoms with E-state index < -0.39 is 5.31 Å². The van der Waals surface area contributed by atoms with Gasteiger partial charge < -0.3 is 5.32 Å². The molecule has 19 heavy (non-hydrogen) atoms. The van der Waals surface area contributed by atoms with Crippen molar-refractivity contribution in [2.45, 2.75) is 25.6 Å². The second-order valence-corrected chi connectivity index (χ2v) is 4.99. The van der Waals surface area contributed by atoms with Crippen molar-refractivity contribution in [3.8, 4) is 0 Å². The molecule has 1 N–H and O–H groups in total. The molecule has 1 unspecified atom stereocenters. The molecular formula is C17H22BN. The van der Waals surface area contributed by atoms with Crippen LogP contribution in [0.2, 0.25) is 5.31 Å². The summed E-state index contributed by atoms with van der Waals surface area (Å²) in [7, 11) is 8.35. The fourth-order valence-electron chi connectivity index (χ4n) is 2.18. The zero-order chi connectivity index (χ0) is 14.6. The van der Waals surface area contributed by atoms with Crippen molar-refractivity contribution in [2.24, 2.45) is 0 Å². The van der Waals surface area contributed by atoms with Crippen molar-refractivity contribution < 1.29 is 0 Å². The van der Waals surface area contributed by atoms with Crippen LogP contribution < -0.4 is 5.32 Å². The molecule has 0 amide bonds. The molecule has 0 bridgehead atoms. The number of hydrogen-bond acceptors (Lipinski definition) is 1. The lowest BCUT2D eigenvalue weighted by Crippen LogP contribution is -2.24. The molecule has 98 valence electrons. The summed E-state index contributed by atoms with van der Waals surface area (Å²) in [5.41, 5.74) is 5.06. The van der Waals surface area contributed by atoms with Crippen molar-refractivity contribution in [1.82, 2.24) is 5.32 Å². The third-order valence-electron chi connectivity index (χ3n) is 3.56. The fraction of sp³-hybridized carbons (Fsp3) is 0.294. The number of allylic oxidation sites excluding steroid dienone is 2. The Morgan fingerprint density at radius 3 is 2.53 bits per heavy atom. The molecule has 0 aliphatic rings. The van der Waals surface area contributed by atoms with E-state index >= 15 is 0 Å². The quantitative estimate of drug-likeness (QED) is 0.596. The maximum Gasteiger partial charge on any atom is 0.0899 e. The molecular weight excluding hydrogens is 229 g/mol. The van der Waals surface area contributed by atoms with E-state index in [1.807, 2.05) is 7.05 Å². The summed E-state index contributed by atoms with van der Waals surface area (Å²) in [6.45, 7) is 16.1. The Bertz CT molecular complexity index is 516. The van der Waals surface area contributed by atoms with Crippen LogP contribution >= 0.6 is 0 Å². The Hall–Kier alpha value is -1.70. The number of aryl methyl sites for hydroxylation is 2. The Kier molecular flexibility index (Phi) is 4.82. The van der Waals surface area contributed by atoms with Gasteiger partial charge in [0.1, 0.15) is 0 Å². The summed E-state index contributed by atoms with van der Waals surface area (Å²) in [4.78, 5) is 0. The van der Waals surface area contributed by atoms with Crippen LogP contribution in [0.15, 0.2) is 49.7 Å². The zero-order valence-corrected chi connectivity index (χ0v) is 12.2. The van der Waals surface area contributed by atoms with Crippen molar-refractivity contribution in [1.29, 1.82) is 0 Å². The van der Waals surface area contributed by atoms with Gasteiger partial charge in [0.25, 0.3) is 0 Å². The van der Waals surface area contributed by atoms with Gasteiger partial charge in [0.15, 0.2) is 0 Å². The summed E-state index contributed by atoms with van der Waals surface area (Å²) < 4.78 is 0. The second kappa shape index (κ2) is 5.96. The SMILES string of the molecule is [B]C(CC=C)(C(=C)NC)C(=C)c1cc(C)ccc1C. The number of hydrogen-bond donors (Lipinski definition) is 1. The molecule has 0 aliphatic heterocycles. The van der Waals surface area contributed by atoms with E-state index in [1.54, 1.807) is 6.08 Å². The Labute approximate surface area is 118 Å². The molecule has 0 aliphatic carbocycles. The van der Waals surface area contributed by atoms with E-state index in [0.717, 1.165) is 16.8 Å². The minimum absolute atomic E-state index is 0.596. The maximum absolute atomic E-state index is 6.52. The first-order chi connectivity index (χ1) is 8.86. The van der Waals surface area contributed by atoms with E-state index in [9.17, 15) is 0 Å². The van der Waals surface area contributed by atoms with E-state index in [-0.39, 0.29) is 0 Å². The summed E-state index contributed by atoms with van der Waals surface area (Å²) >= 11 is 0. The Morgan fingerprint density at radius 2 is 2.00 bits per heavy atom. The van der Waals surface area contributed by atoms with Crippen LogP contribution in [0.5, 0.6) is 0 Å². The number of benzene rings is 1. The molecule has 2 heteroatoms. The predicted octanol–water partition coefficient (Wildman–Crippen LogP) is 3.95. The number of rotatable bonds is 6. The van der Waals surface area contributed by atoms with Gasteiger partial charge in [-0.2, -0.15) is 0 Å². The molecule has 0 heterocycles. The van der Waals surface area contributed by atoms with Gasteiger partial charge in [-0.1, -0.05) is 43.0 Å². The van der Waals surface area contributed by atoms with Crippen LogP contribution in [0.25, 0.3) is 5.57 Å². The molecule has 1 rings (SSSR count). The minimum Gasteiger partial charge on any atom is -0.392 e. The van der Waals surface area contributed by atoms with E-state index in [4.69, 9.17) is 7.85 Å². The van der Waals surface area contributed by atoms with E-state index in [1.165, 1.54) is 11.1 Å². The highest BCUT2D eigenvalue weighted by Crippen LogP contribution is 2.46. The standard InChI is InChI=1S/C17H22BN/c1-7-10-17(18,15(5)19-6)14(4)16-11-12(2)8-9-13(16)3/h7-9,11,19H,1,4-5,10H2,2-3,6H3. The molecule has 0 fully saturated rings. The van der Waals surface area contributed by atoms with Gasteiger partial charge in [-0.25, -0.2) is 0 Å². The van der Waals surface area contributed by atoms with E-state index in [0.29, 0.717) is 6.42 Å². The third kappa shape index (κ3) is 3.01. The zero-order valence-electron chi connectivity index (χ0n) is 12.2. The van der Waals surface area contributed by atoms with E-state index in [2.05, 4.69) is 57.1 Å². The molecule has 1 atom stereocenters. The smallest absolute Gasteiger partial charge is 0.0899 e. The summed E-state index contributed by atoms with van der Waals surface area (Å²) in [5, 5.41) is 2.33. The third-order valence-corrected chi connectivity index (χ3v) is 3.56. The van der Waals surface area contributed by atoms with Crippen LogP contribution in [0.4, 0.5) is 0 Å². The van der Waals surface area contributed by atoms with Gasteiger partial charge in [-0.15, -0.1) is 6.58 Å². The van der Waals surface area contributed by atoms with Crippen LogP contribution in [0, 0.1) is 13.8 Å². The highest BCUT2D eigenvalue weighted by molar-refractivity contribution is 6.25. The molecule has 0 saturated carbocycles. The maximum atomic E-state index is 6.52. The van der Waals surface area contributed by atoms with Crippen molar-refractivity contribution in [3.05, 3.63) is 66.4 Å². The molecule has 1 aromatic carbocycles. The van der Waals surface area contributed by atoms with Crippen molar-refractivity contribution in [3.63, 3.8) is 0 Å². The van der Waals surface area contributed by atoms with Crippen molar-refractivity contribution in [2.75, 3.05) is 7.05 Å². The van der Waals surface area contributed by atoms with Gasteiger partial charge in [-0.3, -0.25) is 0 Å². The fourth-order valence-corrected chi connectivity index (χ4v) is 2.18. The molecule has 1 nitrogen and oxygen atoms in total. The monoisotopic (exact) mass is 251 g/mol. The minimum atomic E-state index is -0.713. The molecule has 0 aromatic heterocycles. The molecule has 0 spiro atoms. The first kappa shape index (κ1) is 15.4. The van der Waals surface area contributed by atoms with Crippen LogP contribution in [0.3, 0.4) is 0 Å². The second-order valence-electron chi connectivity index (χ2n) is 4.99. The molecule has 2 radical (unpaired) electrons. The predicted molar refractivity (Wildman–Crippen MR) is 86.4 cm³/mol. The van der Waals surface area contributed by atoms with Gasteiger partial charge >= 0.3 is 0 Å². The lowest BCUT2D eigenvalue weighted by Gasteiger charge is -2.34. The summed E-state index contributed by atoms with van der Waals surface area (Å²) in [6.07, 6.45) is 2.40. The molecule has 0 saturated heterocycles. The summed E-state index contributed by atoms with van der Waals surface area (Å²) in [5.74, 6) is 0. The van der Waals surface area contributed by atoms with Crippen LogP contribution in [-0.4, -0.2) is 14.9 Å². The average molecular weight is 251 g/mol. The Morgan fingerprint density at radius 1 is 1.37 bits per heavy atom. The largest absolute Gasteiger partial charge is 0.392 e. The highest BCUT2D eigenvalue weighted by Gasteiger charge is 2.30. The van der Waals surface area contributed by atoms with Gasteiger partial charge in [0.2, 0.25) is 0 Å². The normalized spacial score (nSPS) is 13.4. The van der Waals surface area contributed by atoms with Gasteiger partial charge in [0.05, 0.1) is 7.85 Å². The average Bonchev–Trinajstić information content (AvgIpc) is 2.39. The van der Waals surface area contributed by atoms with Crippen LogP contribution in [-0.2, 0) is 0 Å². The Balaban J connectivity index is 3.31. The first-order valence-electron chi connectivity index (χ1n) is 6.40. The van der Waals surface area contributed by atoms with Crippen LogP contribution in [0.1, 0.15) is 23.1 Å². The lowest BCUT2D eigenvalue weighted by molar-refractivity contribution is 0.751. The van der Waals surface area contributed by atoms with Gasteiger partial charge in [0, 0.05) is 12.7 Å².